The highest BCUT2D eigenvalue weighted by atomic mass is 16.5. The van der Waals surface area contributed by atoms with E-state index in [9.17, 15) is 4.79 Å². The second-order valence-corrected chi connectivity index (χ2v) is 6.39. The van der Waals surface area contributed by atoms with Crippen molar-refractivity contribution < 1.29 is 9.53 Å². The van der Waals surface area contributed by atoms with Gasteiger partial charge in [0.1, 0.15) is 0 Å². The molecule has 0 N–H and O–H groups in total. The van der Waals surface area contributed by atoms with Crippen LogP contribution >= 0.6 is 0 Å². The van der Waals surface area contributed by atoms with Gasteiger partial charge in [-0.25, -0.2) is 4.68 Å². The molecule has 0 atom stereocenters. The third-order valence-electron chi connectivity index (χ3n) is 4.82. The number of aromatic nitrogens is 2. The fraction of sp³-hybridized carbons (Fsp3) is 0.474. The average molecular weight is 327 g/mol. The number of para-hydroxylation sites is 1. The van der Waals surface area contributed by atoms with Crippen LogP contribution in [0.15, 0.2) is 36.5 Å². The molecule has 1 fully saturated rings. The minimum atomic E-state index is -0.0616. The van der Waals surface area contributed by atoms with Gasteiger partial charge in [-0.05, 0) is 25.0 Å². The second-order valence-electron chi connectivity index (χ2n) is 6.39. The van der Waals surface area contributed by atoms with Gasteiger partial charge in [0.15, 0.2) is 11.4 Å². The maximum Gasteiger partial charge on any atom is 0.278 e. The smallest absolute Gasteiger partial charge is 0.278 e. The summed E-state index contributed by atoms with van der Waals surface area (Å²) >= 11 is 0. The summed E-state index contributed by atoms with van der Waals surface area (Å²) in [5, 5.41) is 4.49. The van der Waals surface area contributed by atoms with E-state index in [1.54, 1.807) is 18.0 Å². The molecule has 5 nitrogen and oxygen atoms in total. The van der Waals surface area contributed by atoms with Gasteiger partial charge in [-0.2, -0.15) is 5.10 Å². The number of nitrogens with zero attached hydrogens (tertiary/aromatic N) is 3. The lowest BCUT2D eigenvalue weighted by molar-refractivity contribution is 0.0708. The molecule has 5 heteroatoms. The number of rotatable bonds is 4. The fourth-order valence-corrected chi connectivity index (χ4v) is 3.35. The molecule has 0 saturated heterocycles. The number of benzene rings is 1. The molecule has 0 bridgehead atoms. The van der Waals surface area contributed by atoms with E-state index in [2.05, 4.69) is 5.10 Å². The van der Waals surface area contributed by atoms with Gasteiger partial charge in [-0.15, -0.1) is 0 Å². The molecule has 0 radical (unpaired) electrons. The Bertz CT molecular complexity index is 673. The summed E-state index contributed by atoms with van der Waals surface area (Å²) in [6.45, 7) is 0. The minimum Gasteiger partial charge on any atom is -0.493 e. The Kier molecular flexibility index (Phi) is 5.18. The van der Waals surface area contributed by atoms with E-state index in [1.165, 1.54) is 25.7 Å². The summed E-state index contributed by atoms with van der Waals surface area (Å²) in [5.74, 6) is 0.456. The molecule has 1 aromatic carbocycles. The number of carbonyl (C=O) groups is 1. The SMILES string of the molecule is COc1cn(-c2ccccc2)nc1C(=O)N(C)C1CCCCCC1. The van der Waals surface area contributed by atoms with Crippen molar-refractivity contribution in [3.8, 4) is 11.4 Å². The van der Waals surface area contributed by atoms with Gasteiger partial charge in [0.05, 0.1) is 19.0 Å². The molecule has 128 valence electrons. The molecule has 1 aliphatic carbocycles. The van der Waals surface area contributed by atoms with Crippen LogP contribution in [-0.4, -0.2) is 40.8 Å². The lowest BCUT2D eigenvalue weighted by Crippen LogP contribution is -2.37. The molecule has 1 aliphatic rings. The van der Waals surface area contributed by atoms with E-state index in [-0.39, 0.29) is 5.91 Å². The molecule has 0 aliphatic heterocycles. The van der Waals surface area contributed by atoms with Crippen LogP contribution in [-0.2, 0) is 0 Å². The van der Waals surface area contributed by atoms with Crippen molar-refractivity contribution in [1.82, 2.24) is 14.7 Å². The van der Waals surface area contributed by atoms with E-state index in [0.29, 0.717) is 17.5 Å². The zero-order valence-corrected chi connectivity index (χ0v) is 14.4. The van der Waals surface area contributed by atoms with Gasteiger partial charge in [0.25, 0.3) is 5.91 Å². The molecule has 0 spiro atoms. The number of hydrogen-bond acceptors (Lipinski definition) is 3. The highest BCUT2D eigenvalue weighted by molar-refractivity contribution is 5.95. The molecule has 24 heavy (non-hydrogen) atoms. The summed E-state index contributed by atoms with van der Waals surface area (Å²) in [6, 6.07) is 10.1. The first-order valence-electron chi connectivity index (χ1n) is 8.67. The van der Waals surface area contributed by atoms with Gasteiger partial charge in [-0.1, -0.05) is 43.9 Å². The minimum absolute atomic E-state index is 0.0616. The van der Waals surface area contributed by atoms with Crippen LogP contribution in [0.5, 0.6) is 5.75 Å². The number of amides is 1. The standard InChI is InChI=1S/C19H25N3O2/c1-21(15-10-6-3-4-7-11-15)19(23)18-17(24-2)14-22(20-18)16-12-8-5-9-13-16/h5,8-9,12-15H,3-4,6-7,10-11H2,1-2H3. The van der Waals surface area contributed by atoms with Crippen LogP contribution in [0.1, 0.15) is 49.0 Å². The number of ether oxygens (including phenoxy) is 1. The van der Waals surface area contributed by atoms with Gasteiger partial charge < -0.3 is 9.64 Å². The van der Waals surface area contributed by atoms with Gasteiger partial charge in [-0.3, -0.25) is 4.79 Å². The van der Waals surface area contributed by atoms with Crippen molar-refractivity contribution in [1.29, 1.82) is 0 Å². The Hall–Kier alpha value is -2.30. The lowest BCUT2D eigenvalue weighted by Gasteiger charge is -2.26. The van der Waals surface area contributed by atoms with Gasteiger partial charge >= 0.3 is 0 Å². The molecule has 2 aromatic rings. The Morgan fingerprint density at radius 3 is 2.46 bits per heavy atom. The van der Waals surface area contributed by atoms with Crippen LogP contribution in [0.2, 0.25) is 0 Å². The zero-order valence-electron chi connectivity index (χ0n) is 14.4. The maximum absolute atomic E-state index is 13.0. The van der Waals surface area contributed by atoms with Crippen LogP contribution < -0.4 is 4.74 Å². The topological polar surface area (TPSA) is 47.4 Å². The predicted octanol–water partition coefficient (Wildman–Crippen LogP) is 3.68. The van der Waals surface area contributed by atoms with Gasteiger partial charge in [0, 0.05) is 13.1 Å². The van der Waals surface area contributed by atoms with Crippen molar-refractivity contribution in [2.75, 3.05) is 14.2 Å². The van der Waals surface area contributed by atoms with E-state index >= 15 is 0 Å². The van der Waals surface area contributed by atoms with Crippen molar-refractivity contribution >= 4 is 5.91 Å². The molecule has 1 amide bonds. The molecule has 1 heterocycles. The Balaban J connectivity index is 1.84. The maximum atomic E-state index is 13.0. The molecule has 3 rings (SSSR count). The van der Waals surface area contributed by atoms with E-state index < -0.39 is 0 Å². The summed E-state index contributed by atoms with van der Waals surface area (Å²) < 4.78 is 7.10. The van der Waals surface area contributed by atoms with Crippen LogP contribution in [0.25, 0.3) is 5.69 Å². The van der Waals surface area contributed by atoms with Crippen LogP contribution in [0.4, 0.5) is 0 Å². The normalized spacial score (nSPS) is 15.8. The third kappa shape index (κ3) is 3.45. The molecular formula is C19H25N3O2. The second kappa shape index (κ2) is 7.51. The summed E-state index contributed by atoms with van der Waals surface area (Å²) in [4.78, 5) is 14.8. The summed E-state index contributed by atoms with van der Waals surface area (Å²) in [6.07, 6.45) is 8.84. The third-order valence-corrected chi connectivity index (χ3v) is 4.82. The molecule has 1 saturated carbocycles. The first kappa shape index (κ1) is 16.6. The van der Waals surface area contributed by atoms with Crippen molar-refractivity contribution in [2.24, 2.45) is 0 Å². The quantitative estimate of drug-likeness (QED) is 0.805. The summed E-state index contributed by atoms with van der Waals surface area (Å²) in [5.41, 5.74) is 1.29. The van der Waals surface area contributed by atoms with Gasteiger partial charge in [0.2, 0.25) is 0 Å². The van der Waals surface area contributed by atoms with E-state index in [1.807, 2.05) is 42.3 Å². The Morgan fingerprint density at radius 1 is 1.17 bits per heavy atom. The molecule has 1 aromatic heterocycles. The number of methoxy groups -OCH3 is 1. The van der Waals surface area contributed by atoms with Crippen molar-refractivity contribution in [3.05, 3.63) is 42.2 Å². The first-order valence-corrected chi connectivity index (χ1v) is 8.67. The van der Waals surface area contributed by atoms with E-state index in [4.69, 9.17) is 4.74 Å². The fourth-order valence-electron chi connectivity index (χ4n) is 3.35. The first-order chi connectivity index (χ1) is 11.7. The Labute approximate surface area is 143 Å². The van der Waals surface area contributed by atoms with Crippen molar-refractivity contribution in [2.45, 2.75) is 44.6 Å². The molecule has 0 unspecified atom stereocenters. The number of hydrogen-bond donors (Lipinski definition) is 0. The highest BCUT2D eigenvalue weighted by Gasteiger charge is 2.27. The van der Waals surface area contributed by atoms with Crippen molar-refractivity contribution in [3.63, 3.8) is 0 Å². The van der Waals surface area contributed by atoms with Crippen LogP contribution in [0, 0.1) is 0 Å². The van der Waals surface area contributed by atoms with E-state index in [0.717, 1.165) is 18.5 Å². The summed E-state index contributed by atoms with van der Waals surface area (Å²) in [7, 11) is 3.47. The predicted molar refractivity (Wildman–Crippen MR) is 93.7 cm³/mol. The largest absolute Gasteiger partial charge is 0.493 e. The monoisotopic (exact) mass is 327 g/mol. The molecular weight excluding hydrogens is 302 g/mol. The average Bonchev–Trinajstić information content (AvgIpc) is 2.88. The zero-order chi connectivity index (χ0) is 16.9. The lowest BCUT2D eigenvalue weighted by atomic mass is 10.1. The Morgan fingerprint density at radius 2 is 1.83 bits per heavy atom. The van der Waals surface area contributed by atoms with Crippen LogP contribution in [0.3, 0.4) is 0 Å². The number of carbonyl (C=O) groups excluding carboxylic acids is 1. The highest BCUT2D eigenvalue weighted by Crippen LogP contribution is 2.25.